The van der Waals surface area contributed by atoms with Gasteiger partial charge in [0.25, 0.3) is 0 Å². The quantitative estimate of drug-likeness (QED) is 0.775. The number of ether oxygens (including phenoxy) is 1. The van der Waals surface area contributed by atoms with Gasteiger partial charge in [-0.3, -0.25) is 0 Å². The zero-order valence-electron chi connectivity index (χ0n) is 11.7. The molecule has 0 atom stereocenters. The average Bonchev–Trinajstić information content (AvgIpc) is 2.81. The van der Waals surface area contributed by atoms with Crippen LogP contribution in [0.25, 0.3) is 22.3 Å². The largest absolute Gasteiger partial charge is 0.472 e. The molecule has 3 aromatic rings. The van der Waals surface area contributed by atoms with E-state index in [2.05, 4.69) is 19.9 Å². The number of aromatic nitrogens is 4. The molecule has 0 saturated heterocycles. The minimum atomic E-state index is -0.245. The second kappa shape index (κ2) is 4.59. The van der Waals surface area contributed by atoms with Crippen LogP contribution in [-0.2, 0) is 0 Å². The highest BCUT2D eigenvalue weighted by Gasteiger charge is 2.12. The van der Waals surface area contributed by atoms with Gasteiger partial charge in [-0.1, -0.05) is 0 Å². The number of H-pyrrole nitrogens is 1. The van der Waals surface area contributed by atoms with E-state index in [0.29, 0.717) is 5.88 Å². The summed E-state index contributed by atoms with van der Waals surface area (Å²) < 4.78 is 5.71. The molecule has 0 radical (unpaired) electrons. The lowest BCUT2D eigenvalue weighted by Gasteiger charge is -2.20. The van der Waals surface area contributed by atoms with E-state index in [0.717, 1.165) is 22.3 Å². The number of nitrogens with zero attached hydrogens (tertiary/aromatic N) is 3. The van der Waals surface area contributed by atoms with Gasteiger partial charge in [0, 0.05) is 35.1 Å². The van der Waals surface area contributed by atoms with Gasteiger partial charge in [0.2, 0.25) is 5.88 Å². The predicted molar refractivity (Wildman–Crippen MR) is 77.5 cm³/mol. The van der Waals surface area contributed by atoms with Gasteiger partial charge >= 0.3 is 0 Å². The second-order valence-corrected chi connectivity index (χ2v) is 5.61. The fourth-order valence-electron chi connectivity index (χ4n) is 1.94. The summed E-state index contributed by atoms with van der Waals surface area (Å²) in [5, 5.41) is 0.984. The molecule has 0 aliphatic heterocycles. The van der Waals surface area contributed by atoms with E-state index in [1.165, 1.54) is 6.33 Å². The number of hydrogen-bond donors (Lipinski definition) is 1. The third-order valence-electron chi connectivity index (χ3n) is 2.75. The Kier molecular flexibility index (Phi) is 2.89. The van der Waals surface area contributed by atoms with Crippen molar-refractivity contribution in [3.05, 3.63) is 36.9 Å². The molecule has 5 heteroatoms. The Bertz CT molecular complexity index is 692. The minimum Gasteiger partial charge on any atom is -0.472 e. The van der Waals surface area contributed by atoms with Gasteiger partial charge in [-0.25, -0.2) is 15.0 Å². The van der Waals surface area contributed by atoms with E-state index in [4.69, 9.17) is 4.74 Å². The number of nitrogens with one attached hydrogen (secondary N) is 1. The fraction of sp³-hybridized carbons (Fsp3) is 0.267. The Hall–Kier alpha value is -2.43. The maximum absolute atomic E-state index is 5.71. The highest BCUT2D eigenvalue weighted by molar-refractivity contribution is 5.81. The van der Waals surface area contributed by atoms with Crippen LogP contribution >= 0.6 is 0 Å². The standard InChI is InChI=1S/C15H16N4O/c1-15(2,3)20-13-5-4-10(8-17-13)12-6-11-7-16-9-18-14(11)19-12/h4-9H,1-3H3,(H,16,18,19). The number of aromatic amines is 1. The zero-order valence-corrected chi connectivity index (χ0v) is 11.7. The van der Waals surface area contributed by atoms with E-state index in [1.54, 1.807) is 12.4 Å². The van der Waals surface area contributed by atoms with Crippen LogP contribution in [-0.4, -0.2) is 25.5 Å². The minimum absolute atomic E-state index is 0.245. The smallest absolute Gasteiger partial charge is 0.213 e. The summed E-state index contributed by atoms with van der Waals surface area (Å²) in [7, 11) is 0. The van der Waals surface area contributed by atoms with Gasteiger partial charge < -0.3 is 9.72 Å². The van der Waals surface area contributed by atoms with Crippen LogP contribution < -0.4 is 4.74 Å². The molecule has 20 heavy (non-hydrogen) atoms. The molecule has 0 saturated carbocycles. The summed E-state index contributed by atoms with van der Waals surface area (Å²) in [5.41, 5.74) is 2.54. The lowest BCUT2D eigenvalue weighted by atomic mass is 10.2. The topological polar surface area (TPSA) is 63.7 Å². The van der Waals surface area contributed by atoms with E-state index < -0.39 is 0 Å². The number of pyridine rings is 1. The first-order chi connectivity index (χ1) is 9.51. The Morgan fingerprint density at radius 2 is 1.95 bits per heavy atom. The van der Waals surface area contributed by atoms with Crippen molar-refractivity contribution >= 4 is 11.0 Å². The highest BCUT2D eigenvalue weighted by atomic mass is 16.5. The maximum Gasteiger partial charge on any atom is 0.213 e. The lowest BCUT2D eigenvalue weighted by Crippen LogP contribution is -2.23. The first kappa shape index (κ1) is 12.6. The monoisotopic (exact) mass is 268 g/mol. The number of rotatable bonds is 2. The molecular weight excluding hydrogens is 252 g/mol. The van der Waals surface area contributed by atoms with Gasteiger partial charge in [-0.05, 0) is 32.9 Å². The summed E-state index contributed by atoms with van der Waals surface area (Å²) >= 11 is 0. The molecule has 0 bridgehead atoms. The molecule has 102 valence electrons. The molecule has 0 unspecified atom stereocenters. The maximum atomic E-state index is 5.71. The van der Waals surface area contributed by atoms with E-state index in [1.807, 2.05) is 39.0 Å². The molecule has 3 rings (SSSR count). The van der Waals surface area contributed by atoms with Gasteiger partial charge in [0.05, 0.1) is 0 Å². The van der Waals surface area contributed by atoms with Crippen molar-refractivity contribution in [1.82, 2.24) is 19.9 Å². The van der Waals surface area contributed by atoms with Crippen LogP contribution in [0.15, 0.2) is 36.9 Å². The normalized spacial score (nSPS) is 11.8. The zero-order chi connectivity index (χ0) is 14.2. The van der Waals surface area contributed by atoms with Gasteiger partial charge in [0.15, 0.2) is 0 Å². The third-order valence-corrected chi connectivity index (χ3v) is 2.75. The molecule has 5 nitrogen and oxygen atoms in total. The Balaban J connectivity index is 1.90. The lowest BCUT2D eigenvalue weighted by molar-refractivity contribution is 0.124. The average molecular weight is 268 g/mol. The molecule has 0 aromatic carbocycles. The Morgan fingerprint density at radius 3 is 2.60 bits per heavy atom. The van der Waals surface area contributed by atoms with Crippen LogP contribution in [0, 0.1) is 0 Å². The summed E-state index contributed by atoms with van der Waals surface area (Å²) in [5.74, 6) is 0.622. The van der Waals surface area contributed by atoms with Gasteiger partial charge in [-0.15, -0.1) is 0 Å². The van der Waals surface area contributed by atoms with Crippen LogP contribution in [0.5, 0.6) is 5.88 Å². The SMILES string of the molecule is CC(C)(C)Oc1ccc(-c2cc3cncnc3[nH]2)cn1. The van der Waals surface area contributed by atoms with Crippen LogP contribution in [0.2, 0.25) is 0 Å². The van der Waals surface area contributed by atoms with Crippen molar-refractivity contribution in [2.45, 2.75) is 26.4 Å². The van der Waals surface area contributed by atoms with E-state index >= 15 is 0 Å². The second-order valence-electron chi connectivity index (χ2n) is 5.61. The van der Waals surface area contributed by atoms with Crippen LogP contribution in [0.1, 0.15) is 20.8 Å². The van der Waals surface area contributed by atoms with Gasteiger partial charge in [0.1, 0.15) is 17.6 Å². The van der Waals surface area contributed by atoms with Crippen molar-refractivity contribution in [1.29, 1.82) is 0 Å². The molecule has 0 amide bonds. The summed E-state index contributed by atoms with van der Waals surface area (Å²) in [6.45, 7) is 6.00. The van der Waals surface area contributed by atoms with Crippen LogP contribution in [0.4, 0.5) is 0 Å². The predicted octanol–water partition coefficient (Wildman–Crippen LogP) is 3.20. The van der Waals surface area contributed by atoms with Crippen molar-refractivity contribution in [2.75, 3.05) is 0 Å². The Labute approximate surface area is 117 Å². The highest BCUT2D eigenvalue weighted by Crippen LogP contribution is 2.24. The third kappa shape index (κ3) is 2.61. The molecule has 0 aliphatic rings. The molecule has 1 N–H and O–H groups in total. The van der Waals surface area contributed by atoms with Gasteiger partial charge in [-0.2, -0.15) is 0 Å². The Morgan fingerprint density at radius 1 is 1.10 bits per heavy atom. The molecule has 0 fully saturated rings. The first-order valence-corrected chi connectivity index (χ1v) is 6.45. The molecular formula is C15H16N4O. The van der Waals surface area contributed by atoms with Crippen molar-refractivity contribution in [3.63, 3.8) is 0 Å². The van der Waals surface area contributed by atoms with Crippen molar-refractivity contribution < 1.29 is 4.74 Å². The van der Waals surface area contributed by atoms with Crippen molar-refractivity contribution in [2.24, 2.45) is 0 Å². The number of fused-ring (bicyclic) bond motifs is 1. The molecule has 3 heterocycles. The van der Waals surface area contributed by atoms with E-state index in [9.17, 15) is 0 Å². The molecule has 0 aliphatic carbocycles. The van der Waals surface area contributed by atoms with Crippen LogP contribution in [0.3, 0.4) is 0 Å². The van der Waals surface area contributed by atoms with Crippen molar-refractivity contribution in [3.8, 4) is 17.1 Å². The van der Waals surface area contributed by atoms with E-state index in [-0.39, 0.29) is 5.60 Å². The fourth-order valence-corrected chi connectivity index (χ4v) is 1.94. The summed E-state index contributed by atoms with van der Waals surface area (Å²) in [6.07, 6.45) is 5.10. The molecule has 0 spiro atoms. The molecule has 3 aromatic heterocycles. The first-order valence-electron chi connectivity index (χ1n) is 6.45. The number of hydrogen-bond acceptors (Lipinski definition) is 4. The summed E-state index contributed by atoms with van der Waals surface area (Å²) in [6, 6.07) is 5.86. The summed E-state index contributed by atoms with van der Waals surface area (Å²) in [4.78, 5) is 15.8.